The summed E-state index contributed by atoms with van der Waals surface area (Å²) in [4.78, 5) is 6.42. The topological polar surface area (TPSA) is 27.6 Å². The summed E-state index contributed by atoms with van der Waals surface area (Å²) in [6.45, 7) is 4.80. The third-order valence-corrected chi connectivity index (χ3v) is 2.25. The molecule has 1 N–H and O–H groups in total. The molecule has 100 valence electrons. The third kappa shape index (κ3) is 6.86. The Morgan fingerprint density at radius 2 is 1.94 bits per heavy atom. The van der Waals surface area contributed by atoms with Gasteiger partial charge in [-0.1, -0.05) is 48.5 Å². The molecular weight excluding hydrogens is 361 g/mol. The lowest BCUT2D eigenvalue weighted by molar-refractivity contribution is 0.586. The van der Waals surface area contributed by atoms with Crippen LogP contribution in [-0.2, 0) is 6.54 Å². The van der Waals surface area contributed by atoms with Gasteiger partial charge in [0.2, 0.25) is 0 Å². The first-order chi connectivity index (χ1) is 8.09. The zero-order valence-corrected chi connectivity index (χ0v) is 13.8. The van der Waals surface area contributed by atoms with Gasteiger partial charge in [-0.25, -0.2) is 4.99 Å². The summed E-state index contributed by atoms with van der Waals surface area (Å²) in [6, 6.07) is 10.1. The highest BCUT2D eigenvalue weighted by atomic mass is 127. The van der Waals surface area contributed by atoms with E-state index in [4.69, 9.17) is 11.6 Å². The van der Waals surface area contributed by atoms with E-state index in [-0.39, 0.29) is 24.0 Å². The van der Waals surface area contributed by atoms with Gasteiger partial charge in [0.1, 0.15) is 0 Å². The van der Waals surface area contributed by atoms with Gasteiger partial charge in [0.05, 0.1) is 13.1 Å². The Bertz CT molecular complexity index is 390. The van der Waals surface area contributed by atoms with Crippen LogP contribution in [0, 0.1) is 0 Å². The van der Waals surface area contributed by atoms with E-state index in [1.807, 2.05) is 37.2 Å². The average Bonchev–Trinajstić information content (AvgIpc) is 2.29. The summed E-state index contributed by atoms with van der Waals surface area (Å²) in [6.07, 6.45) is 0. The number of nitrogens with zero attached hydrogens (tertiary/aromatic N) is 2. The molecule has 0 atom stereocenters. The van der Waals surface area contributed by atoms with Gasteiger partial charge in [-0.15, -0.1) is 24.0 Å². The Balaban J connectivity index is 0.00000289. The first-order valence-electron chi connectivity index (χ1n) is 5.42. The molecule has 0 heterocycles. The van der Waals surface area contributed by atoms with E-state index < -0.39 is 0 Å². The molecule has 0 aliphatic carbocycles. The molecule has 1 rings (SSSR count). The molecule has 0 unspecified atom stereocenters. The number of aliphatic imine (C=N–C) groups is 1. The largest absolute Gasteiger partial charge is 0.351 e. The molecule has 0 saturated carbocycles. The lowest BCUT2D eigenvalue weighted by Crippen LogP contribution is -2.37. The molecule has 0 aliphatic rings. The van der Waals surface area contributed by atoms with Gasteiger partial charge in [0, 0.05) is 19.1 Å². The lowest BCUT2D eigenvalue weighted by Gasteiger charge is -2.17. The van der Waals surface area contributed by atoms with Crippen LogP contribution >= 0.6 is 35.6 Å². The van der Waals surface area contributed by atoms with Gasteiger partial charge in [0.25, 0.3) is 0 Å². The quantitative estimate of drug-likeness (QED) is 0.495. The SMILES string of the molecule is C=C(Cl)CNC(=NCc1ccccc1)N(C)C.I. The predicted molar refractivity (Wildman–Crippen MR) is 89.7 cm³/mol. The molecular formula is C13H19ClIN3. The van der Waals surface area contributed by atoms with Crippen LogP contribution in [0.2, 0.25) is 0 Å². The molecule has 1 aromatic rings. The monoisotopic (exact) mass is 379 g/mol. The highest BCUT2D eigenvalue weighted by Crippen LogP contribution is 2.01. The van der Waals surface area contributed by atoms with Gasteiger partial charge >= 0.3 is 0 Å². The Hall–Kier alpha value is -0.750. The summed E-state index contributed by atoms with van der Waals surface area (Å²) < 4.78 is 0. The number of hydrogen-bond donors (Lipinski definition) is 1. The van der Waals surface area contributed by atoms with Crippen molar-refractivity contribution in [1.82, 2.24) is 10.2 Å². The van der Waals surface area contributed by atoms with E-state index in [9.17, 15) is 0 Å². The standard InChI is InChI=1S/C13H18ClN3.HI/c1-11(14)9-15-13(17(2)3)16-10-12-7-5-4-6-8-12;/h4-8H,1,9-10H2,2-3H3,(H,15,16);1H. The maximum absolute atomic E-state index is 5.71. The molecule has 0 fully saturated rings. The van der Waals surface area contributed by atoms with Crippen molar-refractivity contribution in [2.75, 3.05) is 20.6 Å². The summed E-state index contributed by atoms with van der Waals surface area (Å²) in [7, 11) is 3.88. The first kappa shape index (κ1) is 17.2. The number of hydrogen-bond acceptors (Lipinski definition) is 1. The van der Waals surface area contributed by atoms with Crippen molar-refractivity contribution in [3.63, 3.8) is 0 Å². The van der Waals surface area contributed by atoms with Gasteiger partial charge in [-0.3, -0.25) is 0 Å². The third-order valence-electron chi connectivity index (χ3n) is 2.12. The van der Waals surface area contributed by atoms with Crippen LogP contribution in [0.25, 0.3) is 0 Å². The summed E-state index contributed by atoms with van der Waals surface area (Å²) in [5.74, 6) is 0.802. The second-order valence-corrected chi connectivity index (χ2v) is 4.43. The highest BCUT2D eigenvalue weighted by molar-refractivity contribution is 14.0. The van der Waals surface area contributed by atoms with E-state index in [1.54, 1.807) is 0 Å². The Labute approximate surface area is 131 Å². The number of nitrogens with one attached hydrogen (secondary N) is 1. The average molecular weight is 380 g/mol. The second-order valence-electron chi connectivity index (χ2n) is 3.89. The molecule has 1 aromatic carbocycles. The minimum Gasteiger partial charge on any atom is -0.351 e. The van der Waals surface area contributed by atoms with Crippen LogP contribution in [0.4, 0.5) is 0 Å². The Kier molecular flexibility index (Phi) is 8.83. The maximum Gasteiger partial charge on any atom is 0.194 e. The van der Waals surface area contributed by atoms with Gasteiger partial charge in [-0.2, -0.15) is 0 Å². The van der Waals surface area contributed by atoms with Crippen LogP contribution in [0.3, 0.4) is 0 Å². The van der Waals surface area contributed by atoms with Crippen LogP contribution in [0.15, 0.2) is 46.9 Å². The fourth-order valence-corrected chi connectivity index (χ4v) is 1.35. The molecule has 0 amide bonds. The van der Waals surface area contributed by atoms with E-state index >= 15 is 0 Å². The van der Waals surface area contributed by atoms with Crippen LogP contribution in [-0.4, -0.2) is 31.5 Å². The lowest BCUT2D eigenvalue weighted by atomic mass is 10.2. The number of halogens is 2. The molecule has 3 nitrogen and oxygen atoms in total. The molecule has 0 radical (unpaired) electrons. The summed E-state index contributed by atoms with van der Waals surface area (Å²) in [5.41, 5.74) is 1.18. The smallest absolute Gasteiger partial charge is 0.194 e. The Morgan fingerprint density at radius 3 is 2.44 bits per heavy atom. The minimum atomic E-state index is 0. The van der Waals surface area contributed by atoms with Crippen molar-refractivity contribution >= 4 is 41.5 Å². The van der Waals surface area contributed by atoms with Crippen LogP contribution in [0.1, 0.15) is 5.56 Å². The van der Waals surface area contributed by atoms with E-state index in [2.05, 4.69) is 29.0 Å². The van der Waals surface area contributed by atoms with E-state index in [0.29, 0.717) is 18.1 Å². The van der Waals surface area contributed by atoms with Crippen molar-refractivity contribution in [1.29, 1.82) is 0 Å². The van der Waals surface area contributed by atoms with Crippen molar-refractivity contribution in [2.45, 2.75) is 6.54 Å². The number of guanidine groups is 1. The van der Waals surface area contributed by atoms with Gasteiger partial charge in [-0.05, 0) is 5.56 Å². The molecule has 0 bridgehead atoms. The van der Waals surface area contributed by atoms with Crippen LogP contribution < -0.4 is 5.32 Å². The molecule has 0 saturated heterocycles. The van der Waals surface area contributed by atoms with Crippen molar-refractivity contribution in [2.24, 2.45) is 4.99 Å². The Morgan fingerprint density at radius 1 is 1.33 bits per heavy atom. The zero-order valence-electron chi connectivity index (χ0n) is 10.7. The van der Waals surface area contributed by atoms with Crippen molar-refractivity contribution < 1.29 is 0 Å². The number of rotatable bonds is 4. The molecule has 0 aromatic heterocycles. The number of benzene rings is 1. The summed E-state index contributed by atoms with van der Waals surface area (Å²) in [5, 5.41) is 3.70. The van der Waals surface area contributed by atoms with Crippen molar-refractivity contribution in [3.8, 4) is 0 Å². The molecule has 5 heteroatoms. The summed E-state index contributed by atoms with van der Waals surface area (Å²) >= 11 is 5.71. The highest BCUT2D eigenvalue weighted by Gasteiger charge is 2.01. The van der Waals surface area contributed by atoms with E-state index in [1.165, 1.54) is 5.56 Å². The second kappa shape index (κ2) is 9.22. The fraction of sp³-hybridized carbons (Fsp3) is 0.308. The predicted octanol–water partition coefficient (Wildman–Crippen LogP) is 3.06. The van der Waals surface area contributed by atoms with Crippen LogP contribution in [0.5, 0.6) is 0 Å². The normalized spacial score (nSPS) is 10.5. The maximum atomic E-state index is 5.71. The van der Waals surface area contributed by atoms with Gasteiger partial charge in [0.15, 0.2) is 5.96 Å². The minimum absolute atomic E-state index is 0. The molecule has 0 aliphatic heterocycles. The molecule has 18 heavy (non-hydrogen) atoms. The van der Waals surface area contributed by atoms with Gasteiger partial charge < -0.3 is 10.2 Å². The first-order valence-corrected chi connectivity index (χ1v) is 5.80. The van der Waals surface area contributed by atoms with E-state index in [0.717, 1.165) is 5.96 Å². The van der Waals surface area contributed by atoms with Crippen molar-refractivity contribution in [3.05, 3.63) is 47.5 Å². The molecule has 0 spiro atoms. The zero-order chi connectivity index (χ0) is 12.7. The fourth-order valence-electron chi connectivity index (χ4n) is 1.28.